The van der Waals surface area contributed by atoms with Gasteiger partial charge >= 0.3 is 0 Å². The van der Waals surface area contributed by atoms with Crippen LogP contribution in [0.25, 0.3) is 5.69 Å². The molecule has 1 atom stereocenters. The van der Waals surface area contributed by atoms with Gasteiger partial charge in [-0.3, -0.25) is 14.5 Å². The maximum atomic E-state index is 13.1. The Morgan fingerprint density at radius 1 is 1.13 bits per heavy atom. The fourth-order valence-electron chi connectivity index (χ4n) is 4.46. The predicted octanol–water partition coefficient (Wildman–Crippen LogP) is 4.21. The molecule has 0 spiro atoms. The van der Waals surface area contributed by atoms with E-state index < -0.39 is 0 Å². The molecule has 0 saturated carbocycles. The first-order valence-corrected chi connectivity index (χ1v) is 11.2. The van der Waals surface area contributed by atoms with Crippen molar-refractivity contribution in [2.75, 3.05) is 26.2 Å². The van der Waals surface area contributed by atoms with Crippen molar-refractivity contribution in [3.8, 4) is 5.69 Å². The molecule has 1 saturated heterocycles. The lowest BCUT2D eigenvalue weighted by molar-refractivity contribution is -0.121. The van der Waals surface area contributed by atoms with E-state index in [9.17, 15) is 9.59 Å². The summed E-state index contributed by atoms with van der Waals surface area (Å²) >= 11 is 0. The van der Waals surface area contributed by atoms with Crippen LogP contribution in [0.5, 0.6) is 0 Å². The topological polar surface area (TPSA) is 54.3 Å². The monoisotopic (exact) mass is 409 g/mol. The lowest BCUT2D eigenvalue weighted by Crippen LogP contribution is -2.42. The first kappa shape index (κ1) is 22.3. The molecule has 2 heterocycles. The molecular weight excluding hydrogens is 374 g/mol. The van der Waals surface area contributed by atoms with Crippen LogP contribution in [0.4, 0.5) is 0 Å². The van der Waals surface area contributed by atoms with Crippen LogP contribution in [0.1, 0.15) is 59.9 Å². The highest BCUT2D eigenvalue weighted by atomic mass is 16.1. The predicted molar refractivity (Wildman–Crippen MR) is 121 cm³/mol. The summed E-state index contributed by atoms with van der Waals surface area (Å²) in [4.78, 5) is 27.1. The normalized spacial score (nSPS) is 17.1. The number of carbonyl (C=O) groups is 2. The number of benzene rings is 1. The van der Waals surface area contributed by atoms with Gasteiger partial charge in [-0.1, -0.05) is 24.6 Å². The molecule has 0 unspecified atom stereocenters. The maximum Gasteiger partial charge on any atom is 0.219 e. The summed E-state index contributed by atoms with van der Waals surface area (Å²) in [5, 5.41) is 3.05. The first-order valence-electron chi connectivity index (χ1n) is 11.2. The van der Waals surface area contributed by atoms with Crippen molar-refractivity contribution in [3.05, 3.63) is 52.8 Å². The number of aryl methyl sites for hydroxylation is 2. The van der Waals surface area contributed by atoms with Gasteiger partial charge in [0.1, 0.15) is 0 Å². The van der Waals surface area contributed by atoms with E-state index >= 15 is 0 Å². The highest BCUT2D eigenvalue weighted by Crippen LogP contribution is 2.23. The van der Waals surface area contributed by atoms with Crippen LogP contribution in [0.15, 0.2) is 30.3 Å². The summed E-state index contributed by atoms with van der Waals surface area (Å²) in [6.45, 7) is 11.2. The number of rotatable bonds is 8. The van der Waals surface area contributed by atoms with Crippen molar-refractivity contribution in [2.24, 2.45) is 5.92 Å². The molecular formula is C25H35N3O2. The Balaban J connectivity index is 1.64. The van der Waals surface area contributed by atoms with Gasteiger partial charge in [0.15, 0.2) is 5.78 Å². The minimum Gasteiger partial charge on any atom is -0.356 e. The molecule has 5 nitrogen and oxygen atoms in total. The summed E-state index contributed by atoms with van der Waals surface area (Å²) in [6, 6.07) is 10.4. The van der Waals surface area contributed by atoms with E-state index in [4.69, 9.17) is 0 Å². The highest BCUT2D eigenvalue weighted by molar-refractivity contribution is 5.99. The minimum atomic E-state index is 0.134. The Morgan fingerprint density at radius 3 is 2.57 bits per heavy atom. The molecule has 1 N–H and O–H groups in total. The Hall–Kier alpha value is -2.40. The van der Waals surface area contributed by atoms with E-state index in [1.165, 1.54) is 5.56 Å². The SMILES string of the molecule is CCCC(=O)NC[C@@H]1CCCN(CC(=O)c2cc(C)n(-c3ccc(C)cc3)c2C)C1. The van der Waals surface area contributed by atoms with E-state index in [0.717, 1.165) is 55.0 Å². The van der Waals surface area contributed by atoms with Crippen molar-refractivity contribution in [1.29, 1.82) is 0 Å². The van der Waals surface area contributed by atoms with Crippen LogP contribution in [0.3, 0.4) is 0 Å². The molecule has 0 bridgehead atoms. The third-order valence-corrected chi connectivity index (χ3v) is 6.06. The number of likely N-dealkylation sites (tertiary alicyclic amines) is 1. The third kappa shape index (κ3) is 5.39. The molecule has 162 valence electrons. The Morgan fingerprint density at radius 2 is 1.87 bits per heavy atom. The molecule has 5 heteroatoms. The Kier molecular flexibility index (Phi) is 7.48. The minimum absolute atomic E-state index is 0.134. The summed E-state index contributed by atoms with van der Waals surface area (Å²) in [5.41, 5.74) is 5.21. The number of nitrogens with one attached hydrogen (secondary N) is 1. The van der Waals surface area contributed by atoms with Gasteiger partial charge in [0.2, 0.25) is 5.91 Å². The number of ketones is 1. The van der Waals surface area contributed by atoms with Gasteiger partial charge in [-0.2, -0.15) is 0 Å². The van der Waals surface area contributed by atoms with Crippen molar-refractivity contribution in [1.82, 2.24) is 14.8 Å². The molecule has 1 aliphatic heterocycles. The number of aromatic nitrogens is 1. The Labute approximate surface area is 180 Å². The van der Waals surface area contributed by atoms with Crippen LogP contribution in [0.2, 0.25) is 0 Å². The van der Waals surface area contributed by atoms with E-state index in [1.807, 2.05) is 19.9 Å². The fourth-order valence-corrected chi connectivity index (χ4v) is 4.46. The molecule has 1 fully saturated rings. The quantitative estimate of drug-likeness (QED) is 0.665. The van der Waals surface area contributed by atoms with Crippen LogP contribution in [-0.4, -0.2) is 47.3 Å². The second kappa shape index (κ2) is 10.1. The van der Waals surface area contributed by atoms with Gasteiger partial charge in [-0.05, 0) is 70.7 Å². The van der Waals surface area contributed by atoms with Crippen molar-refractivity contribution >= 4 is 11.7 Å². The third-order valence-electron chi connectivity index (χ3n) is 6.06. The number of carbonyl (C=O) groups excluding carboxylic acids is 2. The molecule has 1 aromatic heterocycles. The van der Waals surface area contributed by atoms with Crippen molar-refractivity contribution in [2.45, 2.75) is 53.4 Å². The second-order valence-corrected chi connectivity index (χ2v) is 8.68. The molecule has 1 aromatic carbocycles. The number of nitrogens with zero attached hydrogens (tertiary/aromatic N) is 2. The molecule has 2 aromatic rings. The lowest BCUT2D eigenvalue weighted by Gasteiger charge is -2.32. The Bertz CT molecular complexity index is 883. The molecule has 0 aliphatic carbocycles. The van der Waals surface area contributed by atoms with Gasteiger partial charge < -0.3 is 9.88 Å². The smallest absolute Gasteiger partial charge is 0.219 e. The molecule has 1 aliphatic rings. The average molecular weight is 410 g/mol. The van der Waals surface area contributed by atoms with Crippen LogP contribution < -0.4 is 5.32 Å². The van der Waals surface area contributed by atoms with E-state index in [-0.39, 0.29) is 11.7 Å². The number of hydrogen-bond acceptors (Lipinski definition) is 3. The zero-order chi connectivity index (χ0) is 21.7. The zero-order valence-electron chi connectivity index (χ0n) is 18.8. The van der Waals surface area contributed by atoms with Crippen LogP contribution >= 0.6 is 0 Å². The van der Waals surface area contributed by atoms with E-state index in [2.05, 4.69) is 52.9 Å². The first-order chi connectivity index (χ1) is 14.4. The van der Waals surface area contributed by atoms with E-state index in [0.29, 0.717) is 25.4 Å². The lowest BCUT2D eigenvalue weighted by atomic mass is 9.97. The standard InChI is InChI=1S/C25H35N3O2/c1-5-7-25(30)26-15-21-8-6-13-27(16-21)17-24(29)23-14-19(3)28(20(23)4)22-11-9-18(2)10-12-22/h9-12,14,21H,5-8,13,15-17H2,1-4H3,(H,26,30)/t21-/m0/s1. The second-order valence-electron chi connectivity index (χ2n) is 8.68. The van der Waals surface area contributed by atoms with Crippen molar-refractivity contribution < 1.29 is 9.59 Å². The number of Topliss-reactive ketones (excluding diaryl/α,β-unsaturated/α-hetero) is 1. The van der Waals surface area contributed by atoms with Crippen LogP contribution in [0, 0.1) is 26.7 Å². The molecule has 30 heavy (non-hydrogen) atoms. The average Bonchev–Trinajstić information content (AvgIpc) is 3.02. The highest BCUT2D eigenvalue weighted by Gasteiger charge is 2.24. The molecule has 0 radical (unpaired) electrons. The zero-order valence-corrected chi connectivity index (χ0v) is 18.8. The summed E-state index contributed by atoms with van der Waals surface area (Å²) in [5.74, 6) is 0.735. The largest absolute Gasteiger partial charge is 0.356 e. The summed E-state index contributed by atoms with van der Waals surface area (Å²) in [6.07, 6.45) is 3.65. The number of amides is 1. The number of piperidine rings is 1. The van der Waals surface area contributed by atoms with Crippen molar-refractivity contribution in [3.63, 3.8) is 0 Å². The van der Waals surface area contributed by atoms with Gasteiger partial charge in [0.25, 0.3) is 0 Å². The van der Waals surface area contributed by atoms with Gasteiger partial charge in [0, 0.05) is 42.1 Å². The van der Waals surface area contributed by atoms with Crippen LogP contribution in [-0.2, 0) is 4.79 Å². The van der Waals surface area contributed by atoms with E-state index in [1.54, 1.807) is 0 Å². The fraction of sp³-hybridized carbons (Fsp3) is 0.520. The number of hydrogen-bond donors (Lipinski definition) is 1. The molecule has 3 rings (SSSR count). The molecule has 1 amide bonds. The van der Waals surface area contributed by atoms with Gasteiger partial charge in [-0.15, -0.1) is 0 Å². The maximum absolute atomic E-state index is 13.1. The van der Waals surface area contributed by atoms with Gasteiger partial charge in [0.05, 0.1) is 6.54 Å². The van der Waals surface area contributed by atoms with Gasteiger partial charge in [-0.25, -0.2) is 0 Å². The summed E-state index contributed by atoms with van der Waals surface area (Å²) in [7, 11) is 0. The summed E-state index contributed by atoms with van der Waals surface area (Å²) < 4.78 is 2.16.